The van der Waals surface area contributed by atoms with Crippen LogP contribution in [0.3, 0.4) is 0 Å². The molecule has 0 bridgehead atoms. The molecule has 0 amide bonds. The maximum Gasteiger partial charge on any atom is 0.160 e. The number of amidine groups is 1. The van der Waals surface area contributed by atoms with Crippen molar-refractivity contribution in [2.75, 3.05) is 0 Å². The zero-order valence-corrected chi connectivity index (χ0v) is 35.8. The Morgan fingerprint density at radius 3 is 2.09 bits per heavy atom. The van der Waals surface area contributed by atoms with Gasteiger partial charge in [-0.25, -0.2) is 9.98 Å². The fourth-order valence-corrected chi connectivity index (χ4v) is 11.0. The molecule has 1 atom stereocenters. The SMILES string of the molecule is CC1C/C=C(c2cc3c(cc2-n2c4ccccc4c4cc5ccccc5cc42)oc2ccccc23)/N=C(c2cccc(-c3ccccc3)c2)\N=C/1c1ccc2sc3ccccc3c2c1. The van der Waals surface area contributed by atoms with Crippen molar-refractivity contribution >= 4 is 103 Å². The van der Waals surface area contributed by atoms with Gasteiger partial charge in [0.1, 0.15) is 11.2 Å². The predicted octanol–water partition coefficient (Wildman–Crippen LogP) is 16.2. The molecular formula is C59H39N3OS. The average Bonchev–Trinajstić information content (AvgIpc) is 4.01. The third-order valence-electron chi connectivity index (χ3n) is 13.0. The molecule has 0 saturated carbocycles. The van der Waals surface area contributed by atoms with Gasteiger partial charge in [-0.3, -0.25) is 0 Å². The molecule has 5 heteroatoms. The lowest BCUT2D eigenvalue weighted by Gasteiger charge is -2.20. The third kappa shape index (κ3) is 5.96. The second kappa shape index (κ2) is 14.6. The van der Waals surface area contributed by atoms with E-state index in [1.165, 1.54) is 41.7 Å². The zero-order chi connectivity index (χ0) is 42.3. The number of fused-ring (bicyclic) bond motifs is 10. The van der Waals surface area contributed by atoms with Gasteiger partial charge in [0.15, 0.2) is 5.84 Å². The molecule has 1 aliphatic heterocycles. The first-order chi connectivity index (χ1) is 31.6. The average molecular weight is 838 g/mol. The Morgan fingerprint density at radius 1 is 0.484 bits per heavy atom. The summed E-state index contributed by atoms with van der Waals surface area (Å²) in [5.41, 5.74) is 12.2. The van der Waals surface area contributed by atoms with E-state index in [9.17, 15) is 0 Å². The standard InChI is InChI=1S/C59H39N3OS/c1-36-26-28-50(60-59(42-19-13-18-38(30-42)37-14-3-2-4-15-37)61-58(36)41-27-29-57-48(32-41)45-22-9-12-25-56(45)64-57)49-34-47-44-21-8-11-24-54(44)63-55(47)35-53(49)62-51-23-10-7-20-43(51)46-31-39-16-5-6-17-40(39)33-52(46)62/h2-25,27-36H,26H2,1H3/b50-28+,60-59-,61-58+. The van der Waals surface area contributed by atoms with E-state index >= 15 is 0 Å². The van der Waals surface area contributed by atoms with E-state index in [0.717, 1.165) is 84.3 Å². The van der Waals surface area contributed by atoms with E-state index < -0.39 is 0 Å². The van der Waals surface area contributed by atoms with Gasteiger partial charge < -0.3 is 8.98 Å². The summed E-state index contributed by atoms with van der Waals surface area (Å²) < 4.78 is 11.7. The number of rotatable bonds is 5. The highest BCUT2D eigenvalue weighted by Gasteiger charge is 2.24. The van der Waals surface area contributed by atoms with Gasteiger partial charge in [0.2, 0.25) is 0 Å². The molecule has 3 aromatic heterocycles. The third-order valence-corrected chi connectivity index (χ3v) is 14.2. The molecule has 0 saturated heterocycles. The molecule has 0 radical (unpaired) electrons. The molecule has 0 spiro atoms. The number of nitrogens with zero attached hydrogens (tertiary/aromatic N) is 3. The molecule has 1 aliphatic rings. The molecule has 13 rings (SSSR count). The lowest BCUT2D eigenvalue weighted by molar-refractivity contribution is 0.668. The van der Waals surface area contributed by atoms with Crippen molar-refractivity contribution < 1.29 is 4.42 Å². The van der Waals surface area contributed by atoms with Crippen LogP contribution < -0.4 is 0 Å². The van der Waals surface area contributed by atoms with Gasteiger partial charge in [0, 0.05) is 64.8 Å². The molecule has 0 aliphatic carbocycles. The largest absolute Gasteiger partial charge is 0.456 e. The van der Waals surface area contributed by atoms with Crippen molar-refractivity contribution in [2.45, 2.75) is 13.3 Å². The van der Waals surface area contributed by atoms with Crippen LogP contribution >= 0.6 is 11.3 Å². The molecule has 0 N–H and O–H groups in total. The number of allylic oxidation sites excluding steroid dienone is 1. The number of aromatic nitrogens is 1. The summed E-state index contributed by atoms with van der Waals surface area (Å²) in [7, 11) is 0. The van der Waals surface area contributed by atoms with Crippen molar-refractivity contribution in [1.82, 2.24) is 4.57 Å². The number of benzene rings is 9. The minimum Gasteiger partial charge on any atom is -0.456 e. The number of hydrogen-bond acceptors (Lipinski definition) is 4. The van der Waals surface area contributed by atoms with Crippen LogP contribution in [0, 0.1) is 5.92 Å². The normalized spacial score (nSPS) is 17.1. The van der Waals surface area contributed by atoms with Crippen molar-refractivity contribution in [2.24, 2.45) is 15.9 Å². The summed E-state index contributed by atoms with van der Waals surface area (Å²) >= 11 is 1.84. The fraction of sp³-hybridized carbons (Fsp3) is 0.0508. The first-order valence-electron chi connectivity index (χ1n) is 21.9. The topological polar surface area (TPSA) is 42.8 Å². The molecule has 64 heavy (non-hydrogen) atoms. The van der Waals surface area contributed by atoms with Gasteiger partial charge in [-0.2, -0.15) is 0 Å². The summed E-state index contributed by atoms with van der Waals surface area (Å²) in [6.45, 7) is 2.30. The molecule has 1 unspecified atom stereocenters. The summed E-state index contributed by atoms with van der Waals surface area (Å²) in [6, 6.07) is 69.7. The lowest BCUT2D eigenvalue weighted by atomic mass is 9.92. The minimum atomic E-state index is 0.0849. The highest BCUT2D eigenvalue weighted by molar-refractivity contribution is 7.25. The van der Waals surface area contributed by atoms with Crippen LogP contribution in [0.2, 0.25) is 0 Å². The van der Waals surface area contributed by atoms with E-state index in [1.54, 1.807) is 0 Å². The van der Waals surface area contributed by atoms with E-state index in [-0.39, 0.29) is 5.92 Å². The molecule has 302 valence electrons. The smallest absolute Gasteiger partial charge is 0.160 e. The molecular weight excluding hydrogens is 799 g/mol. The molecule has 9 aromatic carbocycles. The Hall–Kier alpha value is -7.86. The monoisotopic (exact) mass is 837 g/mol. The van der Waals surface area contributed by atoms with Gasteiger partial charge in [-0.05, 0) is 88.5 Å². The first kappa shape index (κ1) is 36.8. The minimum absolute atomic E-state index is 0.0849. The Balaban J connectivity index is 1.09. The van der Waals surface area contributed by atoms with Crippen molar-refractivity contribution in [3.05, 3.63) is 217 Å². The van der Waals surface area contributed by atoms with Gasteiger partial charge >= 0.3 is 0 Å². The number of hydrogen-bond donors (Lipinski definition) is 0. The predicted molar refractivity (Wildman–Crippen MR) is 272 cm³/mol. The molecule has 4 heterocycles. The number of aliphatic imine (C=N–C) groups is 2. The van der Waals surface area contributed by atoms with Gasteiger partial charge in [-0.1, -0.05) is 146 Å². The van der Waals surface area contributed by atoms with Crippen molar-refractivity contribution in [3.63, 3.8) is 0 Å². The van der Waals surface area contributed by atoms with E-state index in [4.69, 9.17) is 14.4 Å². The Kier molecular flexibility index (Phi) is 8.40. The number of furan rings is 1. The maximum atomic E-state index is 6.66. The van der Waals surface area contributed by atoms with Gasteiger partial charge in [0.05, 0.1) is 28.1 Å². The summed E-state index contributed by atoms with van der Waals surface area (Å²) in [4.78, 5) is 11.4. The van der Waals surface area contributed by atoms with Crippen molar-refractivity contribution in [1.29, 1.82) is 0 Å². The Labute approximate surface area is 373 Å². The first-order valence-corrected chi connectivity index (χ1v) is 22.8. The van der Waals surface area contributed by atoms with E-state index in [2.05, 4.69) is 206 Å². The summed E-state index contributed by atoms with van der Waals surface area (Å²) in [5, 5.41) is 9.49. The fourth-order valence-electron chi connectivity index (χ4n) is 9.88. The van der Waals surface area contributed by atoms with Crippen LogP contribution in [0.4, 0.5) is 0 Å². The highest BCUT2D eigenvalue weighted by Crippen LogP contribution is 2.42. The van der Waals surface area contributed by atoms with Gasteiger partial charge in [0.25, 0.3) is 0 Å². The van der Waals surface area contributed by atoms with Crippen LogP contribution in [0.15, 0.2) is 215 Å². The van der Waals surface area contributed by atoms with Crippen LogP contribution in [0.1, 0.15) is 30.0 Å². The van der Waals surface area contributed by atoms with Gasteiger partial charge in [-0.15, -0.1) is 11.3 Å². The molecule has 12 aromatic rings. The second-order valence-electron chi connectivity index (χ2n) is 16.9. The summed E-state index contributed by atoms with van der Waals surface area (Å²) in [6.07, 6.45) is 3.09. The molecule has 4 nitrogen and oxygen atoms in total. The van der Waals surface area contributed by atoms with Crippen molar-refractivity contribution in [3.8, 4) is 16.8 Å². The quantitative estimate of drug-likeness (QED) is 0.170. The number of thiophene rings is 1. The van der Waals surface area contributed by atoms with Crippen LogP contribution in [-0.4, -0.2) is 16.1 Å². The zero-order valence-electron chi connectivity index (χ0n) is 35.0. The van der Waals surface area contributed by atoms with E-state index in [1.807, 2.05) is 17.4 Å². The summed E-state index contributed by atoms with van der Waals surface area (Å²) in [5.74, 6) is 0.763. The molecule has 0 fully saturated rings. The maximum absolute atomic E-state index is 6.66. The van der Waals surface area contributed by atoms with Crippen LogP contribution in [0.5, 0.6) is 0 Å². The lowest BCUT2D eigenvalue weighted by Crippen LogP contribution is -2.17. The number of para-hydroxylation sites is 2. The highest BCUT2D eigenvalue weighted by atomic mass is 32.1. The van der Waals surface area contributed by atoms with Crippen LogP contribution in [-0.2, 0) is 0 Å². The Bertz CT molecular complexity index is 3950. The second-order valence-corrected chi connectivity index (χ2v) is 18.0. The Morgan fingerprint density at radius 2 is 1.20 bits per heavy atom. The van der Waals surface area contributed by atoms with Crippen LogP contribution in [0.25, 0.3) is 97.2 Å². The van der Waals surface area contributed by atoms with E-state index in [0.29, 0.717) is 5.84 Å².